The van der Waals surface area contributed by atoms with Gasteiger partial charge in [0.25, 0.3) is 0 Å². The molecule has 10 heteroatoms. The van der Waals surface area contributed by atoms with E-state index >= 15 is 0 Å². The van der Waals surface area contributed by atoms with Crippen LogP contribution in [-0.2, 0) is 4.79 Å². The number of aliphatic hydroxyl groups is 1. The molecule has 1 aromatic heterocycles. The lowest BCUT2D eigenvalue weighted by atomic mass is 10.1. The summed E-state index contributed by atoms with van der Waals surface area (Å²) in [6.07, 6.45) is 1.70. The number of carbonyl (C=O) groups excluding carboxylic acids is 2. The zero-order valence-electron chi connectivity index (χ0n) is 17.2. The van der Waals surface area contributed by atoms with Gasteiger partial charge in [-0.15, -0.1) is 10.2 Å². The lowest BCUT2D eigenvalue weighted by Gasteiger charge is -2.17. The average molecular weight is 452 g/mol. The van der Waals surface area contributed by atoms with Gasteiger partial charge in [-0.2, -0.15) is 0 Å². The molecule has 1 aliphatic carbocycles. The summed E-state index contributed by atoms with van der Waals surface area (Å²) in [6, 6.07) is 5.17. The first-order chi connectivity index (χ1) is 14.4. The van der Waals surface area contributed by atoms with Crippen LogP contribution in [-0.4, -0.2) is 58.6 Å². The number of hydrogen-bond acceptors (Lipinski definition) is 9. The van der Waals surface area contributed by atoms with E-state index in [0.29, 0.717) is 38.7 Å². The summed E-state index contributed by atoms with van der Waals surface area (Å²) in [5.41, 5.74) is 0.532. The van der Waals surface area contributed by atoms with Crippen molar-refractivity contribution in [3.8, 4) is 11.5 Å². The second-order valence-electron chi connectivity index (χ2n) is 6.90. The SMILES string of the molecule is CCC(=O)N(c1nnc(SCC(O)COc2ccc(C(C)=O)cc2OC)s1)C1CC1. The van der Waals surface area contributed by atoms with Gasteiger partial charge in [-0.05, 0) is 38.0 Å². The first-order valence-electron chi connectivity index (χ1n) is 9.71. The predicted octanol–water partition coefficient (Wildman–Crippen LogP) is 3.19. The van der Waals surface area contributed by atoms with Gasteiger partial charge in [-0.3, -0.25) is 14.5 Å². The second kappa shape index (κ2) is 10.2. The smallest absolute Gasteiger partial charge is 0.228 e. The molecule has 1 N–H and O–H groups in total. The van der Waals surface area contributed by atoms with Crippen LogP contribution in [0.5, 0.6) is 11.5 Å². The first-order valence-corrected chi connectivity index (χ1v) is 11.5. The highest BCUT2D eigenvalue weighted by Gasteiger charge is 2.35. The van der Waals surface area contributed by atoms with E-state index in [1.165, 1.54) is 37.1 Å². The average Bonchev–Trinajstić information content (AvgIpc) is 3.47. The highest BCUT2D eigenvalue weighted by atomic mass is 32.2. The van der Waals surface area contributed by atoms with Gasteiger partial charge in [0.05, 0.1) is 13.2 Å². The zero-order chi connectivity index (χ0) is 21.7. The Morgan fingerprint density at radius 2 is 2.10 bits per heavy atom. The van der Waals surface area contributed by atoms with Crippen molar-refractivity contribution in [1.29, 1.82) is 0 Å². The summed E-state index contributed by atoms with van der Waals surface area (Å²) < 4.78 is 11.6. The van der Waals surface area contributed by atoms with Crippen molar-refractivity contribution in [3.63, 3.8) is 0 Å². The monoisotopic (exact) mass is 451 g/mol. The normalized spacial score (nSPS) is 14.3. The number of ether oxygens (including phenoxy) is 2. The Hall–Kier alpha value is -2.17. The highest BCUT2D eigenvalue weighted by molar-refractivity contribution is 8.01. The van der Waals surface area contributed by atoms with Gasteiger partial charge in [-0.1, -0.05) is 30.0 Å². The molecule has 0 spiro atoms. The Balaban J connectivity index is 1.52. The van der Waals surface area contributed by atoms with E-state index in [4.69, 9.17) is 9.47 Å². The zero-order valence-corrected chi connectivity index (χ0v) is 18.8. The molecule has 30 heavy (non-hydrogen) atoms. The van der Waals surface area contributed by atoms with Crippen molar-refractivity contribution in [2.24, 2.45) is 0 Å². The van der Waals surface area contributed by atoms with Gasteiger partial charge in [0.15, 0.2) is 21.6 Å². The molecule has 0 radical (unpaired) electrons. The van der Waals surface area contributed by atoms with Crippen molar-refractivity contribution >= 4 is 39.9 Å². The number of aliphatic hydroxyl groups excluding tert-OH is 1. The van der Waals surface area contributed by atoms with Crippen LogP contribution in [0.1, 0.15) is 43.5 Å². The van der Waals surface area contributed by atoms with Crippen molar-refractivity contribution in [1.82, 2.24) is 10.2 Å². The van der Waals surface area contributed by atoms with Crippen LogP contribution in [0.25, 0.3) is 0 Å². The Bertz CT molecular complexity index is 900. The van der Waals surface area contributed by atoms with Crippen molar-refractivity contribution in [2.45, 2.75) is 49.6 Å². The summed E-state index contributed by atoms with van der Waals surface area (Å²) in [5.74, 6) is 1.27. The van der Waals surface area contributed by atoms with E-state index in [2.05, 4.69) is 10.2 Å². The van der Waals surface area contributed by atoms with Crippen molar-refractivity contribution < 1.29 is 24.2 Å². The quantitative estimate of drug-likeness (QED) is 0.316. The third-order valence-electron chi connectivity index (χ3n) is 4.49. The molecule has 3 rings (SSSR count). The molecule has 1 aromatic carbocycles. The molecule has 1 amide bonds. The number of carbonyl (C=O) groups is 2. The Morgan fingerprint density at radius 3 is 2.73 bits per heavy atom. The topological polar surface area (TPSA) is 102 Å². The molecule has 1 unspecified atom stereocenters. The number of methoxy groups -OCH3 is 1. The molecular formula is C20H25N3O5S2. The molecule has 1 saturated carbocycles. The Kier molecular flexibility index (Phi) is 7.68. The molecule has 0 bridgehead atoms. The van der Waals surface area contributed by atoms with Crippen LogP contribution < -0.4 is 14.4 Å². The van der Waals surface area contributed by atoms with E-state index < -0.39 is 6.10 Å². The largest absolute Gasteiger partial charge is 0.493 e. The third kappa shape index (κ3) is 5.71. The van der Waals surface area contributed by atoms with Gasteiger partial charge in [0, 0.05) is 23.8 Å². The van der Waals surface area contributed by atoms with E-state index in [0.717, 1.165) is 12.8 Å². The standard InChI is InChI=1S/C20H25N3O5S2/c1-4-18(26)23(14-6-7-14)19-21-22-20(30-19)29-11-15(25)10-28-16-8-5-13(12(2)24)9-17(16)27-3/h5,8-9,14-15,25H,4,6-7,10-11H2,1-3H3. The van der Waals surface area contributed by atoms with Crippen LogP contribution in [0.3, 0.4) is 0 Å². The van der Waals surface area contributed by atoms with Crippen LogP contribution in [0.4, 0.5) is 5.13 Å². The molecule has 1 heterocycles. The molecule has 8 nitrogen and oxygen atoms in total. The number of Topliss-reactive ketones (excluding diaryl/α,β-unsaturated/α-hetero) is 1. The Morgan fingerprint density at radius 1 is 1.33 bits per heavy atom. The van der Waals surface area contributed by atoms with E-state index in [9.17, 15) is 14.7 Å². The Labute approximate surface area is 183 Å². The molecule has 0 saturated heterocycles. The third-order valence-corrected chi connectivity index (χ3v) is 6.69. The van der Waals surface area contributed by atoms with Crippen LogP contribution in [0.2, 0.25) is 0 Å². The van der Waals surface area contributed by atoms with Gasteiger partial charge in [0.2, 0.25) is 11.0 Å². The summed E-state index contributed by atoms with van der Waals surface area (Å²) in [5, 5.41) is 19.2. The maximum absolute atomic E-state index is 12.2. The lowest BCUT2D eigenvalue weighted by molar-refractivity contribution is -0.118. The lowest BCUT2D eigenvalue weighted by Crippen LogP contribution is -2.32. The maximum atomic E-state index is 12.2. The fourth-order valence-corrected chi connectivity index (χ4v) is 4.60. The molecule has 0 aliphatic heterocycles. The van der Waals surface area contributed by atoms with Crippen LogP contribution in [0, 0.1) is 0 Å². The predicted molar refractivity (Wildman–Crippen MR) is 116 cm³/mol. The van der Waals surface area contributed by atoms with Crippen LogP contribution >= 0.6 is 23.1 Å². The first kappa shape index (κ1) is 22.5. The molecule has 2 aromatic rings. The summed E-state index contributed by atoms with van der Waals surface area (Å²) in [4.78, 5) is 25.4. The number of aromatic nitrogens is 2. The number of anilines is 1. The number of benzene rings is 1. The fourth-order valence-electron chi connectivity index (χ4n) is 2.74. The van der Waals surface area contributed by atoms with Gasteiger partial charge in [0.1, 0.15) is 6.61 Å². The summed E-state index contributed by atoms with van der Waals surface area (Å²) >= 11 is 2.73. The van der Waals surface area contributed by atoms with Crippen LogP contribution in [0.15, 0.2) is 22.5 Å². The maximum Gasteiger partial charge on any atom is 0.228 e. The number of thioether (sulfide) groups is 1. The summed E-state index contributed by atoms with van der Waals surface area (Å²) in [7, 11) is 1.50. The fraction of sp³-hybridized carbons (Fsp3) is 0.500. The highest BCUT2D eigenvalue weighted by Crippen LogP contribution is 2.36. The van der Waals surface area contributed by atoms with E-state index in [1.807, 2.05) is 6.92 Å². The number of nitrogens with zero attached hydrogens (tertiary/aromatic N) is 3. The number of hydrogen-bond donors (Lipinski definition) is 1. The molecule has 1 atom stereocenters. The van der Waals surface area contributed by atoms with E-state index in [-0.39, 0.29) is 24.3 Å². The summed E-state index contributed by atoms with van der Waals surface area (Å²) in [6.45, 7) is 3.39. The molecule has 162 valence electrons. The molecular weight excluding hydrogens is 426 g/mol. The van der Waals surface area contributed by atoms with Crippen molar-refractivity contribution in [3.05, 3.63) is 23.8 Å². The van der Waals surface area contributed by atoms with Crippen molar-refractivity contribution in [2.75, 3.05) is 24.4 Å². The van der Waals surface area contributed by atoms with Gasteiger partial charge < -0.3 is 14.6 Å². The number of amides is 1. The molecule has 1 aliphatic rings. The minimum atomic E-state index is -0.739. The second-order valence-corrected chi connectivity index (χ2v) is 9.12. The molecule has 1 fully saturated rings. The van der Waals surface area contributed by atoms with E-state index in [1.54, 1.807) is 23.1 Å². The number of ketones is 1. The minimum Gasteiger partial charge on any atom is -0.493 e. The van der Waals surface area contributed by atoms with Gasteiger partial charge >= 0.3 is 0 Å². The number of rotatable bonds is 11. The minimum absolute atomic E-state index is 0.0587. The van der Waals surface area contributed by atoms with Gasteiger partial charge in [-0.25, -0.2) is 0 Å².